The second-order valence-corrected chi connectivity index (χ2v) is 5.26. The molecule has 0 saturated carbocycles. The molecule has 2 aromatic rings. The Kier molecular flexibility index (Phi) is 4.80. The zero-order valence-electron chi connectivity index (χ0n) is 10.6. The van der Waals surface area contributed by atoms with Gasteiger partial charge in [0.25, 0.3) is 0 Å². The fourth-order valence-corrected chi connectivity index (χ4v) is 2.31. The quantitative estimate of drug-likeness (QED) is 0.916. The highest BCUT2D eigenvalue weighted by atomic mass is 35.5. The maximum atomic E-state index is 5.95. The molecule has 6 heteroatoms. The molecule has 0 amide bonds. The molecule has 1 aromatic heterocycles. The summed E-state index contributed by atoms with van der Waals surface area (Å²) in [7, 11) is 0. The zero-order chi connectivity index (χ0) is 13.8. The van der Waals surface area contributed by atoms with Crippen molar-refractivity contribution in [1.29, 1.82) is 0 Å². The van der Waals surface area contributed by atoms with Gasteiger partial charge < -0.3 is 10.3 Å². The second-order valence-electron chi connectivity index (χ2n) is 4.38. The number of halogens is 2. The SMILES string of the molecule is CCC(CN)Cc1nc(-c2cc(Cl)cc(Cl)c2)no1. The average Bonchev–Trinajstić information content (AvgIpc) is 2.83. The Morgan fingerprint density at radius 2 is 1.95 bits per heavy atom. The first-order valence-corrected chi connectivity index (χ1v) is 6.87. The average molecular weight is 300 g/mol. The van der Waals surface area contributed by atoms with Crippen LogP contribution in [0, 0.1) is 5.92 Å². The highest BCUT2D eigenvalue weighted by Crippen LogP contribution is 2.25. The third kappa shape index (κ3) is 3.69. The molecule has 4 nitrogen and oxygen atoms in total. The lowest BCUT2D eigenvalue weighted by Crippen LogP contribution is -2.15. The maximum Gasteiger partial charge on any atom is 0.227 e. The van der Waals surface area contributed by atoms with Crippen LogP contribution >= 0.6 is 23.2 Å². The van der Waals surface area contributed by atoms with Crippen LogP contribution in [0.4, 0.5) is 0 Å². The second kappa shape index (κ2) is 6.37. The lowest BCUT2D eigenvalue weighted by Gasteiger charge is -2.07. The highest BCUT2D eigenvalue weighted by molar-refractivity contribution is 6.35. The molecule has 0 aliphatic carbocycles. The topological polar surface area (TPSA) is 64.9 Å². The van der Waals surface area contributed by atoms with E-state index < -0.39 is 0 Å². The van der Waals surface area contributed by atoms with Crippen molar-refractivity contribution in [2.75, 3.05) is 6.54 Å². The Morgan fingerprint density at radius 1 is 1.26 bits per heavy atom. The van der Waals surface area contributed by atoms with Crippen LogP contribution in [0.25, 0.3) is 11.4 Å². The number of hydrogen-bond donors (Lipinski definition) is 1. The van der Waals surface area contributed by atoms with Gasteiger partial charge in [-0.2, -0.15) is 4.98 Å². The van der Waals surface area contributed by atoms with E-state index in [1.54, 1.807) is 18.2 Å². The van der Waals surface area contributed by atoms with Crippen molar-refractivity contribution in [1.82, 2.24) is 10.1 Å². The van der Waals surface area contributed by atoms with E-state index >= 15 is 0 Å². The van der Waals surface area contributed by atoms with Crippen molar-refractivity contribution in [3.8, 4) is 11.4 Å². The van der Waals surface area contributed by atoms with Crippen LogP contribution in [0.2, 0.25) is 10.0 Å². The Morgan fingerprint density at radius 3 is 2.53 bits per heavy atom. The van der Waals surface area contributed by atoms with Gasteiger partial charge in [-0.05, 0) is 30.7 Å². The summed E-state index contributed by atoms with van der Waals surface area (Å²) < 4.78 is 5.23. The molecular formula is C13H15Cl2N3O. The Hall–Kier alpha value is -1.10. The summed E-state index contributed by atoms with van der Waals surface area (Å²) in [5.41, 5.74) is 6.41. The van der Waals surface area contributed by atoms with Crippen molar-refractivity contribution in [2.45, 2.75) is 19.8 Å². The lowest BCUT2D eigenvalue weighted by molar-refractivity contribution is 0.350. The summed E-state index contributed by atoms with van der Waals surface area (Å²) in [6, 6.07) is 5.17. The molecule has 0 aliphatic rings. The summed E-state index contributed by atoms with van der Waals surface area (Å²) in [6.07, 6.45) is 1.67. The van der Waals surface area contributed by atoms with E-state index in [9.17, 15) is 0 Å². The first-order chi connectivity index (χ1) is 9.12. The van der Waals surface area contributed by atoms with Crippen molar-refractivity contribution in [2.24, 2.45) is 11.7 Å². The monoisotopic (exact) mass is 299 g/mol. The van der Waals surface area contributed by atoms with Gasteiger partial charge in [0, 0.05) is 22.0 Å². The van der Waals surface area contributed by atoms with Gasteiger partial charge in [-0.3, -0.25) is 0 Å². The van der Waals surface area contributed by atoms with Crippen LogP contribution in [0.3, 0.4) is 0 Å². The molecule has 2 rings (SSSR count). The van der Waals surface area contributed by atoms with Gasteiger partial charge in [-0.25, -0.2) is 0 Å². The molecule has 1 heterocycles. The molecule has 1 aromatic carbocycles. The van der Waals surface area contributed by atoms with Gasteiger partial charge in [-0.1, -0.05) is 41.7 Å². The van der Waals surface area contributed by atoms with E-state index in [0.717, 1.165) is 12.0 Å². The summed E-state index contributed by atoms with van der Waals surface area (Å²) >= 11 is 11.9. The van der Waals surface area contributed by atoms with Crippen LogP contribution in [0.1, 0.15) is 19.2 Å². The molecule has 0 saturated heterocycles. The minimum atomic E-state index is 0.358. The number of rotatable bonds is 5. The van der Waals surface area contributed by atoms with Crippen molar-refractivity contribution in [3.05, 3.63) is 34.1 Å². The summed E-state index contributed by atoms with van der Waals surface area (Å²) in [6.45, 7) is 2.70. The smallest absolute Gasteiger partial charge is 0.227 e. The summed E-state index contributed by atoms with van der Waals surface area (Å²) in [4.78, 5) is 4.35. The predicted octanol–water partition coefficient (Wildman–Crippen LogP) is 3.57. The molecule has 0 bridgehead atoms. The van der Waals surface area contributed by atoms with Crippen LogP contribution < -0.4 is 5.73 Å². The Bertz CT molecular complexity index is 532. The minimum absolute atomic E-state index is 0.358. The molecule has 1 atom stereocenters. The van der Waals surface area contributed by atoms with E-state index in [4.69, 9.17) is 33.5 Å². The number of hydrogen-bond acceptors (Lipinski definition) is 4. The van der Waals surface area contributed by atoms with Crippen LogP contribution in [-0.2, 0) is 6.42 Å². The third-order valence-corrected chi connectivity index (χ3v) is 3.40. The number of nitrogens with two attached hydrogens (primary N) is 1. The fraction of sp³-hybridized carbons (Fsp3) is 0.385. The van der Waals surface area contributed by atoms with Gasteiger partial charge >= 0.3 is 0 Å². The van der Waals surface area contributed by atoms with Crippen LogP contribution in [0.5, 0.6) is 0 Å². The van der Waals surface area contributed by atoms with Crippen molar-refractivity contribution >= 4 is 23.2 Å². The van der Waals surface area contributed by atoms with E-state index in [0.29, 0.717) is 40.6 Å². The molecule has 0 spiro atoms. The third-order valence-electron chi connectivity index (χ3n) is 2.96. The zero-order valence-corrected chi connectivity index (χ0v) is 12.1. The molecule has 102 valence electrons. The fourth-order valence-electron chi connectivity index (χ4n) is 1.78. The molecule has 0 fully saturated rings. The van der Waals surface area contributed by atoms with E-state index in [1.807, 2.05) is 0 Å². The predicted molar refractivity (Wildman–Crippen MR) is 76.3 cm³/mol. The van der Waals surface area contributed by atoms with E-state index in [1.165, 1.54) is 0 Å². The molecule has 2 N–H and O–H groups in total. The van der Waals surface area contributed by atoms with E-state index in [2.05, 4.69) is 17.1 Å². The molecule has 1 unspecified atom stereocenters. The Balaban J connectivity index is 2.20. The Labute approximate surface area is 121 Å². The van der Waals surface area contributed by atoms with Gasteiger partial charge in [0.2, 0.25) is 11.7 Å². The van der Waals surface area contributed by atoms with Crippen LogP contribution in [-0.4, -0.2) is 16.7 Å². The van der Waals surface area contributed by atoms with E-state index in [-0.39, 0.29) is 0 Å². The summed E-state index contributed by atoms with van der Waals surface area (Å²) in [5.74, 6) is 1.44. The summed E-state index contributed by atoms with van der Waals surface area (Å²) in [5, 5.41) is 5.03. The van der Waals surface area contributed by atoms with Gasteiger partial charge in [0.05, 0.1) is 0 Å². The minimum Gasteiger partial charge on any atom is -0.339 e. The molecule has 19 heavy (non-hydrogen) atoms. The number of aromatic nitrogens is 2. The largest absolute Gasteiger partial charge is 0.339 e. The van der Waals surface area contributed by atoms with Gasteiger partial charge in [-0.15, -0.1) is 0 Å². The molecule has 0 aliphatic heterocycles. The normalized spacial score (nSPS) is 12.6. The number of benzene rings is 1. The lowest BCUT2D eigenvalue weighted by atomic mass is 10.0. The molecule has 0 radical (unpaired) electrons. The number of nitrogens with zero attached hydrogens (tertiary/aromatic N) is 2. The van der Waals surface area contributed by atoms with Crippen molar-refractivity contribution < 1.29 is 4.52 Å². The standard InChI is InChI=1S/C13H15Cl2N3O/c1-2-8(7-16)3-12-17-13(18-19-12)9-4-10(14)6-11(15)5-9/h4-6,8H,2-3,7,16H2,1H3. The van der Waals surface area contributed by atoms with Gasteiger partial charge in [0.15, 0.2) is 0 Å². The van der Waals surface area contributed by atoms with Gasteiger partial charge in [0.1, 0.15) is 0 Å². The maximum absolute atomic E-state index is 5.95. The van der Waals surface area contributed by atoms with Crippen molar-refractivity contribution in [3.63, 3.8) is 0 Å². The first kappa shape index (κ1) is 14.3. The first-order valence-electron chi connectivity index (χ1n) is 6.11. The highest BCUT2D eigenvalue weighted by Gasteiger charge is 2.13. The van der Waals surface area contributed by atoms with Crippen LogP contribution in [0.15, 0.2) is 22.7 Å². The molecular weight excluding hydrogens is 285 g/mol.